The van der Waals surface area contributed by atoms with E-state index in [9.17, 15) is 10.1 Å². The number of furan rings is 1. The number of halogens is 1. The second-order valence-electron chi connectivity index (χ2n) is 4.16. The Kier molecular flexibility index (Phi) is 4.70. The summed E-state index contributed by atoms with van der Waals surface area (Å²) in [4.78, 5) is 10.2. The van der Waals surface area contributed by atoms with Gasteiger partial charge in [0.2, 0.25) is 0 Å². The van der Waals surface area contributed by atoms with Gasteiger partial charge in [0.15, 0.2) is 0 Å². The molecule has 2 rings (SSSR count). The fraction of sp³-hybridized carbons (Fsp3) is 0. The molecular weight excluding hydrogens is 370 g/mol. The number of thiocarbonyl (C=S) groups is 1. The van der Waals surface area contributed by atoms with Crippen molar-refractivity contribution in [3.8, 4) is 17.4 Å². The van der Waals surface area contributed by atoms with Crippen LogP contribution in [0.1, 0.15) is 5.76 Å². The molecular formula is C14H8BrN3O3S. The normalized spacial score (nSPS) is 11.0. The van der Waals surface area contributed by atoms with E-state index in [-0.39, 0.29) is 16.2 Å². The summed E-state index contributed by atoms with van der Waals surface area (Å²) in [5, 5.41) is 19.6. The average molecular weight is 378 g/mol. The Hall–Kier alpha value is -2.50. The molecule has 1 aromatic carbocycles. The fourth-order valence-corrected chi connectivity index (χ4v) is 2.36. The van der Waals surface area contributed by atoms with E-state index in [0.717, 1.165) is 0 Å². The van der Waals surface area contributed by atoms with Crippen molar-refractivity contribution in [1.82, 2.24) is 0 Å². The SMILES string of the molecule is N#CC(=Cc1ccc(-c2ccc([N+](=O)[O-])cc2Br)o1)C(N)=S. The maximum atomic E-state index is 10.7. The molecule has 0 spiro atoms. The summed E-state index contributed by atoms with van der Waals surface area (Å²) in [6.45, 7) is 0. The standard InChI is InChI=1S/C14H8BrN3O3S/c15-12-6-9(18(19)20)1-3-11(12)13-4-2-10(21-13)5-8(7-16)14(17)22/h1-6H,(H2,17,22). The second-order valence-corrected chi connectivity index (χ2v) is 5.45. The van der Waals surface area contributed by atoms with Crippen molar-refractivity contribution in [3.05, 3.63) is 56.3 Å². The Morgan fingerprint density at radius 2 is 2.18 bits per heavy atom. The maximum Gasteiger partial charge on any atom is 0.270 e. The molecule has 0 saturated heterocycles. The predicted octanol–water partition coefficient (Wildman–Crippen LogP) is 3.81. The smallest absolute Gasteiger partial charge is 0.270 e. The number of non-ortho nitro benzene ring substituents is 1. The molecule has 1 heterocycles. The molecule has 0 atom stereocenters. The number of nitro benzene ring substituents is 1. The molecule has 110 valence electrons. The van der Waals surface area contributed by atoms with Gasteiger partial charge in [-0.1, -0.05) is 12.2 Å². The lowest BCUT2D eigenvalue weighted by atomic mass is 10.1. The van der Waals surface area contributed by atoms with Gasteiger partial charge < -0.3 is 10.2 Å². The third kappa shape index (κ3) is 3.39. The Bertz CT molecular complexity index is 836. The summed E-state index contributed by atoms with van der Waals surface area (Å²) in [5.74, 6) is 0.901. The average Bonchev–Trinajstić information content (AvgIpc) is 2.92. The molecule has 0 aliphatic carbocycles. The highest BCUT2D eigenvalue weighted by molar-refractivity contribution is 9.10. The molecule has 22 heavy (non-hydrogen) atoms. The molecule has 8 heteroatoms. The van der Waals surface area contributed by atoms with Crippen LogP contribution >= 0.6 is 28.1 Å². The van der Waals surface area contributed by atoms with Gasteiger partial charge in [-0.3, -0.25) is 10.1 Å². The summed E-state index contributed by atoms with van der Waals surface area (Å²) in [7, 11) is 0. The first kappa shape index (κ1) is 15.9. The van der Waals surface area contributed by atoms with Crippen LogP contribution in [0.5, 0.6) is 0 Å². The highest BCUT2D eigenvalue weighted by atomic mass is 79.9. The minimum absolute atomic E-state index is 0.0167. The van der Waals surface area contributed by atoms with Gasteiger partial charge in [0.05, 0.1) is 10.5 Å². The summed E-state index contributed by atoms with van der Waals surface area (Å²) in [5.41, 5.74) is 6.17. The number of nitro groups is 1. The van der Waals surface area contributed by atoms with E-state index in [1.807, 2.05) is 6.07 Å². The van der Waals surface area contributed by atoms with Crippen molar-refractivity contribution in [2.75, 3.05) is 0 Å². The lowest BCUT2D eigenvalue weighted by Crippen LogP contribution is -2.09. The van der Waals surface area contributed by atoms with Crippen LogP contribution in [0.3, 0.4) is 0 Å². The van der Waals surface area contributed by atoms with E-state index in [1.54, 1.807) is 18.2 Å². The number of rotatable bonds is 4. The number of hydrogen-bond acceptors (Lipinski definition) is 5. The number of nitrogens with two attached hydrogens (primary N) is 1. The van der Waals surface area contributed by atoms with Gasteiger partial charge >= 0.3 is 0 Å². The lowest BCUT2D eigenvalue weighted by molar-refractivity contribution is -0.384. The first-order valence-electron chi connectivity index (χ1n) is 5.88. The number of hydrogen-bond donors (Lipinski definition) is 1. The zero-order valence-corrected chi connectivity index (χ0v) is 13.3. The maximum absolute atomic E-state index is 10.7. The van der Waals surface area contributed by atoms with Crippen LogP contribution in [-0.4, -0.2) is 9.91 Å². The van der Waals surface area contributed by atoms with Gasteiger partial charge in [-0.25, -0.2) is 0 Å². The van der Waals surface area contributed by atoms with Gasteiger partial charge in [0.1, 0.15) is 22.6 Å². The highest BCUT2D eigenvalue weighted by Gasteiger charge is 2.13. The van der Waals surface area contributed by atoms with Crippen LogP contribution in [0.15, 0.2) is 44.8 Å². The molecule has 0 amide bonds. The number of nitrogens with zero attached hydrogens (tertiary/aromatic N) is 2. The van der Waals surface area contributed by atoms with E-state index in [0.29, 0.717) is 21.6 Å². The van der Waals surface area contributed by atoms with Crippen molar-refractivity contribution >= 4 is 44.9 Å². The topological polar surface area (TPSA) is 106 Å². The predicted molar refractivity (Wildman–Crippen MR) is 88.9 cm³/mol. The highest BCUT2D eigenvalue weighted by Crippen LogP contribution is 2.32. The van der Waals surface area contributed by atoms with Crippen LogP contribution in [0.4, 0.5) is 5.69 Å². The van der Waals surface area contributed by atoms with Crippen LogP contribution < -0.4 is 5.73 Å². The van der Waals surface area contributed by atoms with Gasteiger partial charge in [0, 0.05) is 28.2 Å². The van der Waals surface area contributed by atoms with E-state index < -0.39 is 4.92 Å². The molecule has 0 bridgehead atoms. The van der Waals surface area contributed by atoms with E-state index in [2.05, 4.69) is 15.9 Å². The lowest BCUT2D eigenvalue weighted by Gasteiger charge is -2.01. The number of nitriles is 1. The number of benzene rings is 1. The van der Waals surface area contributed by atoms with Crippen LogP contribution in [0.25, 0.3) is 17.4 Å². The molecule has 0 unspecified atom stereocenters. The van der Waals surface area contributed by atoms with Crippen LogP contribution in [0.2, 0.25) is 0 Å². The summed E-state index contributed by atoms with van der Waals surface area (Å²) in [6.07, 6.45) is 1.44. The zero-order valence-electron chi connectivity index (χ0n) is 10.9. The van der Waals surface area contributed by atoms with Crippen LogP contribution in [-0.2, 0) is 0 Å². The van der Waals surface area contributed by atoms with Gasteiger partial charge in [0.25, 0.3) is 5.69 Å². The molecule has 6 nitrogen and oxygen atoms in total. The first-order chi connectivity index (χ1) is 10.4. The van der Waals surface area contributed by atoms with E-state index in [4.69, 9.17) is 27.6 Å². The fourth-order valence-electron chi connectivity index (χ4n) is 1.69. The Morgan fingerprint density at radius 1 is 1.45 bits per heavy atom. The first-order valence-corrected chi connectivity index (χ1v) is 7.08. The summed E-state index contributed by atoms with van der Waals surface area (Å²) in [6, 6.07) is 9.57. The Balaban J connectivity index is 2.39. The second kappa shape index (κ2) is 6.51. The quantitative estimate of drug-likeness (QED) is 0.285. The van der Waals surface area contributed by atoms with Gasteiger partial charge in [-0.15, -0.1) is 0 Å². The van der Waals surface area contributed by atoms with Crippen molar-refractivity contribution < 1.29 is 9.34 Å². The largest absolute Gasteiger partial charge is 0.457 e. The monoisotopic (exact) mass is 377 g/mol. The van der Waals surface area contributed by atoms with Crippen molar-refractivity contribution in [1.29, 1.82) is 5.26 Å². The van der Waals surface area contributed by atoms with Crippen molar-refractivity contribution in [2.45, 2.75) is 0 Å². The molecule has 0 aliphatic heterocycles. The molecule has 0 aliphatic rings. The zero-order chi connectivity index (χ0) is 16.3. The summed E-state index contributed by atoms with van der Waals surface area (Å²) >= 11 is 8.03. The Morgan fingerprint density at radius 3 is 2.73 bits per heavy atom. The van der Waals surface area contributed by atoms with Crippen LogP contribution in [0, 0.1) is 21.4 Å². The van der Waals surface area contributed by atoms with E-state index in [1.165, 1.54) is 18.2 Å². The molecule has 0 fully saturated rings. The molecule has 2 aromatic rings. The Labute approximate surface area is 139 Å². The van der Waals surface area contributed by atoms with E-state index >= 15 is 0 Å². The van der Waals surface area contributed by atoms with Gasteiger partial charge in [-0.05, 0) is 34.1 Å². The van der Waals surface area contributed by atoms with Crippen molar-refractivity contribution in [3.63, 3.8) is 0 Å². The minimum atomic E-state index is -0.480. The summed E-state index contributed by atoms with van der Waals surface area (Å²) < 4.78 is 6.12. The third-order valence-electron chi connectivity index (χ3n) is 2.73. The molecule has 0 radical (unpaired) electrons. The third-order valence-corrected chi connectivity index (χ3v) is 3.60. The molecule has 2 N–H and O–H groups in total. The minimum Gasteiger partial charge on any atom is -0.457 e. The van der Waals surface area contributed by atoms with Crippen molar-refractivity contribution in [2.24, 2.45) is 5.73 Å². The molecule has 1 aromatic heterocycles. The van der Waals surface area contributed by atoms with Gasteiger partial charge in [-0.2, -0.15) is 5.26 Å². The molecule has 0 saturated carbocycles.